The summed E-state index contributed by atoms with van der Waals surface area (Å²) in [5, 5.41) is 8.27. The summed E-state index contributed by atoms with van der Waals surface area (Å²) in [6.45, 7) is 0. The third-order valence-corrected chi connectivity index (χ3v) is 1.04. The van der Waals surface area contributed by atoms with Crippen LogP contribution in [-0.2, 0) is 0 Å². The van der Waals surface area contributed by atoms with E-state index in [2.05, 4.69) is 4.65 Å². The van der Waals surface area contributed by atoms with E-state index in [9.17, 15) is 4.39 Å². The first-order valence-electron chi connectivity index (χ1n) is 2.82. The van der Waals surface area contributed by atoms with Crippen molar-refractivity contribution in [2.75, 3.05) is 0 Å². The average Bonchev–Trinajstić information content (AvgIpc) is 1.95. The molecule has 2 nitrogen and oxygen atoms in total. The summed E-state index contributed by atoms with van der Waals surface area (Å²) in [5.74, 6) is 0.147. The van der Waals surface area contributed by atoms with E-state index >= 15 is 0 Å². The van der Waals surface area contributed by atoms with Crippen molar-refractivity contribution in [2.45, 2.75) is 0 Å². The summed E-state index contributed by atoms with van der Waals surface area (Å²) in [5.41, 5.74) is 0. The topological polar surface area (TPSA) is 29.5 Å². The molecule has 0 aromatic heterocycles. The molecule has 10 heavy (non-hydrogen) atoms. The molecule has 0 aliphatic rings. The molecule has 1 rings (SSSR count). The van der Waals surface area contributed by atoms with E-state index in [0.717, 1.165) is 0 Å². The van der Waals surface area contributed by atoms with Crippen LogP contribution in [0.25, 0.3) is 0 Å². The van der Waals surface area contributed by atoms with Crippen molar-refractivity contribution in [3.05, 3.63) is 30.1 Å². The lowest BCUT2D eigenvalue weighted by atomic mass is 10.3. The molecule has 0 saturated heterocycles. The van der Waals surface area contributed by atoms with Crippen LogP contribution >= 0.6 is 0 Å². The van der Waals surface area contributed by atoms with Crippen molar-refractivity contribution in [1.29, 1.82) is 0 Å². The molecule has 1 aromatic rings. The maximum atomic E-state index is 12.2. The van der Waals surface area contributed by atoms with Gasteiger partial charge in [0.2, 0.25) is 0 Å². The first kappa shape index (κ1) is 7.09. The second-order valence-electron chi connectivity index (χ2n) is 1.73. The SMILES string of the molecule is OBOc1ccc([18F])cc1. The molecule has 1 aromatic carbocycles. The normalized spacial score (nSPS) is 9.00. The van der Waals surface area contributed by atoms with Gasteiger partial charge in [0, 0.05) is 0 Å². The molecule has 0 fully saturated rings. The van der Waals surface area contributed by atoms with Gasteiger partial charge in [0.05, 0.1) is 0 Å². The van der Waals surface area contributed by atoms with Gasteiger partial charge in [-0.05, 0) is 24.3 Å². The van der Waals surface area contributed by atoms with Gasteiger partial charge in [-0.15, -0.1) is 0 Å². The Balaban J connectivity index is 2.69. The zero-order valence-electron chi connectivity index (χ0n) is 5.25. The molecule has 4 heteroatoms. The van der Waals surface area contributed by atoms with Crippen LogP contribution < -0.4 is 4.65 Å². The summed E-state index contributed by atoms with van der Waals surface area (Å²) in [7, 11) is -0.383. The zero-order chi connectivity index (χ0) is 7.40. The molecule has 0 aliphatic heterocycles. The molecule has 0 spiro atoms. The highest BCUT2D eigenvalue weighted by molar-refractivity contribution is 6.17. The van der Waals surface area contributed by atoms with Crippen LogP contribution in [0.2, 0.25) is 0 Å². The quantitative estimate of drug-likeness (QED) is 0.603. The highest BCUT2D eigenvalue weighted by Gasteiger charge is 1.92. The summed E-state index contributed by atoms with van der Waals surface area (Å²) >= 11 is 0. The lowest BCUT2D eigenvalue weighted by Crippen LogP contribution is -1.99. The van der Waals surface area contributed by atoms with E-state index in [1.165, 1.54) is 24.3 Å². The second-order valence-corrected chi connectivity index (χ2v) is 1.73. The third kappa shape index (κ3) is 1.74. The van der Waals surface area contributed by atoms with Gasteiger partial charge in [0.1, 0.15) is 11.6 Å². The van der Waals surface area contributed by atoms with Crippen LogP contribution in [0, 0.1) is 5.82 Å². The van der Waals surface area contributed by atoms with Crippen LogP contribution in [0.15, 0.2) is 24.3 Å². The zero-order valence-corrected chi connectivity index (χ0v) is 5.25. The fourth-order valence-corrected chi connectivity index (χ4v) is 0.605. The van der Waals surface area contributed by atoms with Crippen molar-refractivity contribution in [3.63, 3.8) is 0 Å². The van der Waals surface area contributed by atoms with Crippen molar-refractivity contribution < 1.29 is 14.1 Å². The van der Waals surface area contributed by atoms with Gasteiger partial charge in [0.25, 0.3) is 0 Å². The Bertz CT molecular complexity index is 199. The predicted octanol–water partition coefficient (Wildman–Crippen LogP) is 0.463. The van der Waals surface area contributed by atoms with E-state index in [1.54, 1.807) is 0 Å². The van der Waals surface area contributed by atoms with E-state index in [4.69, 9.17) is 5.02 Å². The molecule has 0 amide bonds. The van der Waals surface area contributed by atoms with Crippen LogP contribution in [0.5, 0.6) is 5.75 Å². The first-order valence-corrected chi connectivity index (χ1v) is 2.82. The fourth-order valence-electron chi connectivity index (χ4n) is 0.605. The Morgan fingerprint density at radius 1 is 1.30 bits per heavy atom. The maximum absolute atomic E-state index is 12.2. The molecule has 0 radical (unpaired) electrons. The summed E-state index contributed by atoms with van der Waals surface area (Å²) in [6, 6.07) is 5.44. The van der Waals surface area contributed by atoms with Crippen LogP contribution in [0.1, 0.15) is 0 Å². The van der Waals surface area contributed by atoms with Gasteiger partial charge in [-0.1, -0.05) is 0 Å². The number of benzene rings is 1. The monoisotopic (exact) mass is 139 g/mol. The fraction of sp³-hybridized carbons (Fsp3) is 0. The van der Waals surface area contributed by atoms with Crippen LogP contribution in [0.3, 0.4) is 0 Å². The van der Waals surface area contributed by atoms with Crippen molar-refractivity contribution in [1.82, 2.24) is 0 Å². The van der Waals surface area contributed by atoms with E-state index in [0.29, 0.717) is 5.75 Å². The number of hydrogen-bond acceptors (Lipinski definition) is 2. The molecule has 52 valence electrons. The van der Waals surface area contributed by atoms with Crippen molar-refractivity contribution in [2.24, 2.45) is 0 Å². The van der Waals surface area contributed by atoms with E-state index < -0.39 is 0 Å². The van der Waals surface area contributed by atoms with E-state index in [1.807, 2.05) is 0 Å². The largest absolute Gasteiger partial charge is 0.539 e. The standard InChI is InChI=1S/C6H6BFO2/c8-5-1-3-6(4-2-5)10-7-9/h1-4,7,9H/i8-1. The minimum Gasteiger partial charge on any atom is -0.539 e. The van der Waals surface area contributed by atoms with Crippen LogP contribution in [0.4, 0.5) is 4.39 Å². The molecule has 0 unspecified atom stereocenters. The Labute approximate surface area is 58.6 Å². The Hall–Kier alpha value is -1.03. The van der Waals surface area contributed by atoms with Crippen molar-refractivity contribution >= 4 is 7.69 Å². The van der Waals surface area contributed by atoms with Gasteiger partial charge in [-0.25, -0.2) is 4.39 Å². The number of halogens is 1. The van der Waals surface area contributed by atoms with Gasteiger partial charge in [-0.2, -0.15) is 0 Å². The Morgan fingerprint density at radius 2 is 1.90 bits per heavy atom. The van der Waals surface area contributed by atoms with E-state index in [-0.39, 0.29) is 13.5 Å². The maximum Gasteiger partial charge on any atom is 0.504 e. The molecule has 0 saturated carbocycles. The average molecular weight is 139 g/mol. The number of rotatable bonds is 2. The Kier molecular flexibility index (Phi) is 2.28. The molecule has 0 heterocycles. The lowest BCUT2D eigenvalue weighted by Gasteiger charge is -1.98. The summed E-state index contributed by atoms with van der Waals surface area (Å²) in [4.78, 5) is 0. The minimum atomic E-state index is -0.383. The van der Waals surface area contributed by atoms with Crippen LogP contribution in [-0.4, -0.2) is 12.7 Å². The lowest BCUT2D eigenvalue weighted by molar-refractivity contribution is 0.453. The van der Waals surface area contributed by atoms with Gasteiger partial charge in [-0.3, -0.25) is 0 Å². The highest BCUT2D eigenvalue weighted by Crippen LogP contribution is 2.09. The first-order chi connectivity index (χ1) is 4.83. The molecule has 1 N–H and O–H groups in total. The minimum absolute atomic E-state index is 0.315. The van der Waals surface area contributed by atoms with Gasteiger partial charge in [0.15, 0.2) is 0 Å². The summed E-state index contributed by atoms with van der Waals surface area (Å²) in [6.07, 6.45) is 0. The van der Waals surface area contributed by atoms with Crippen molar-refractivity contribution in [3.8, 4) is 5.75 Å². The third-order valence-electron chi connectivity index (χ3n) is 1.04. The number of hydrogen-bond donors (Lipinski definition) is 1. The summed E-state index contributed by atoms with van der Waals surface area (Å²) < 4.78 is 16.9. The van der Waals surface area contributed by atoms with Gasteiger partial charge >= 0.3 is 7.69 Å². The molecular formula is C6H6BFO2. The molecular weight excluding hydrogens is 133 g/mol. The molecule has 0 aliphatic carbocycles. The smallest absolute Gasteiger partial charge is 0.504 e. The Morgan fingerprint density at radius 3 is 2.40 bits per heavy atom. The molecule has 0 atom stereocenters. The molecule has 0 bridgehead atoms. The predicted molar refractivity (Wildman–Crippen MR) is 36.4 cm³/mol. The highest BCUT2D eigenvalue weighted by atomic mass is 18.2. The second kappa shape index (κ2) is 3.22. The van der Waals surface area contributed by atoms with Gasteiger partial charge < -0.3 is 9.68 Å².